The van der Waals surface area contributed by atoms with Gasteiger partial charge in [-0.15, -0.1) is 0 Å². The zero-order chi connectivity index (χ0) is 11.5. The van der Waals surface area contributed by atoms with E-state index in [0.717, 1.165) is 35.8 Å². The van der Waals surface area contributed by atoms with Crippen molar-refractivity contribution in [1.82, 2.24) is 9.55 Å². The van der Waals surface area contributed by atoms with Crippen LogP contribution in [-0.2, 0) is 13.0 Å². The van der Waals surface area contributed by atoms with E-state index >= 15 is 0 Å². The molecule has 4 heteroatoms. The van der Waals surface area contributed by atoms with E-state index in [1.807, 2.05) is 12.1 Å². The van der Waals surface area contributed by atoms with Crippen LogP contribution in [0.25, 0.3) is 11.0 Å². The number of methoxy groups -OCH3 is 1. The molecular formula is C12H16N2OS. The Morgan fingerprint density at radius 3 is 2.88 bits per heavy atom. The maximum atomic E-state index is 5.20. The highest BCUT2D eigenvalue weighted by atomic mass is 32.1. The summed E-state index contributed by atoms with van der Waals surface area (Å²) in [4.78, 5) is 4.62. The molecule has 0 N–H and O–H groups in total. The summed E-state index contributed by atoms with van der Waals surface area (Å²) >= 11 is 4.26. The summed E-state index contributed by atoms with van der Waals surface area (Å²) in [6, 6.07) is 6.01. The smallest absolute Gasteiger partial charge is 0.121 e. The van der Waals surface area contributed by atoms with Gasteiger partial charge in [0.1, 0.15) is 11.6 Å². The molecule has 0 unspecified atom stereocenters. The molecule has 0 aliphatic heterocycles. The summed E-state index contributed by atoms with van der Waals surface area (Å²) in [5, 5.41) is 0. The van der Waals surface area contributed by atoms with Gasteiger partial charge in [-0.1, -0.05) is 0 Å². The van der Waals surface area contributed by atoms with Crippen LogP contribution in [0.2, 0.25) is 0 Å². The van der Waals surface area contributed by atoms with Gasteiger partial charge in [0.15, 0.2) is 0 Å². The van der Waals surface area contributed by atoms with Crippen molar-refractivity contribution in [3.05, 3.63) is 24.0 Å². The Morgan fingerprint density at radius 2 is 2.25 bits per heavy atom. The molecule has 0 bridgehead atoms. The second kappa shape index (κ2) is 4.78. The molecule has 86 valence electrons. The summed E-state index contributed by atoms with van der Waals surface area (Å²) < 4.78 is 7.43. The Bertz CT molecular complexity index is 493. The Labute approximate surface area is 101 Å². The maximum Gasteiger partial charge on any atom is 0.121 e. The lowest BCUT2D eigenvalue weighted by atomic mass is 10.3. The van der Waals surface area contributed by atoms with Crippen LogP contribution in [0, 0.1) is 0 Å². The lowest BCUT2D eigenvalue weighted by Crippen LogP contribution is -2.02. The Morgan fingerprint density at radius 1 is 1.44 bits per heavy atom. The number of rotatable bonds is 4. The van der Waals surface area contributed by atoms with E-state index in [1.165, 1.54) is 5.52 Å². The third-order valence-corrected chi connectivity index (χ3v) is 2.91. The van der Waals surface area contributed by atoms with Gasteiger partial charge in [0.25, 0.3) is 0 Å². The minimum absolute atomic E-state index is 0.820. The van der Waals surface area contributed by atoms with Gasteiger partial charge in [-0.25, -0.2) is 4.98 Å². The first-order valence-corrected chi connectivity index (χ1v) is 6.07. The third kappa shape index (κ3) is 1.89. The Kier molecular flexibility index (Phi) is 3.39. The number of benzene rings is 1. The molecule has 0 aliphatic rings. The highest BCUT2D eigenvalue weighted by molar-refractivity contribution is 7.80. The number of aryl methyl sites for hydroxylation is 2. The fourth-order valence-electron chi connectivity index (χ4n) is 1.93. The zero-order valence-corrected chi connectivity index (χ0v) is 10.5. The summed E-state index contributed by atoms with van der Waals surface area (Å²) in [5.41, 5.74) is 2.16. The number of imidazole rings is 1. The first-order chi connectivity index (χ1) is 7.80. The van der Waals surface area contributed by atoms with Crippen LogP contribution in [0.5, 0.6) is 5.75 Å². The van der Waals surface area contributed by atoms with Crippen molar-refractivity contribution in [2.75, 3.05) is 12.9 Å². The number of aromatic nitrogens is 2. The fourth-order valence-corrected chi connectivity index (χ4v) is 2.13. The molecule has 16 heavy (non-hydrogen) atoms. The van der Waals surface area contributed by atoms with Crippen molar-refractivity contribution in [3.8, 4) is 5.75 Å². The second-order valence-corrected chi connectivity index (χ2v) is 4.05. The molecule has 0 radical (unpaired) electrons. The van der Waals surface area contributed by atoms with Gasteiger partial charge >= 0.3 is 0 Å². The van der Waals surface area contributed by atoms with Gasteiger partial charge in [0, 0.05) is 19.0 Å². The average molecular weight is 236 g/mol. The molecule has 2 aromatic rings. The standard InChI is InChI=1S/C12H16N2OS/c1-3-14-11-5-4-9(15-2)8-10(11)13-12(14)6-7-16/h4-5,8,16H,3,6-7H2,1-2H3. The lowest BCUT2D eigenvalue weighted by Gasteiger charge is -2.04. The number of ether oxygens (including phenoxy) is 1. The largest absolute Gasteiger partial charge is 0.497 e. The van der Waals surface area contributed by atoms with Crippen LogP contribution < -0.4 is 4.74 Å². The first-order valence-electron chi connectivity index (χ1n) is 5.44. The quantitative estimate of drug-likeness (QED) is 0.826. The fraction of sp³-hybridized carbons (Fsp3) is 0.417. The van der Waals surface area contributed by atoms with Crippen LogP contribution in [-0.4, -0.2) is 22.4 Å². The number of hydrogen-bond donors (Lipinski definition) is 1. The van der Waals surface area contributed by atoms with Gasteiger partial charge < -0.3 is 9.30 Å². The van der Waals surface area contributed by atoms with E-state index in [-0.39, 0.29) is 0 Å². The van der Waals surface area contributed by atoms with E-state index < -0.39 is 0 Å². The van der Waals surface area contributed by atoms with Crippen LogP contribution in [0.4, 0.5) is 0 Å². The molecule has 0 atom stereocenters. The number of thiol groups is 1. The van der Waals surface area contributed by atoms with E-state index in [2.05, 4.69) is 35.2 Å². The summed E-state index contributed by atoms with van der Waals surface area (Å²) in [6.07, 6.45) is 0.897. The number of fused-ring (bicyclic) bond motifs is 1. The number of hydrogen-bond acceptors (Lipinski definition) is 3. The molecule has 0 saturated heterocycles. The zero-order valence-electron chi connectivity index (χ0n) is 9.60. The minimum Gasteiger partial charge on any atom is -0.497 e. The number of nitrogens with zero attached hydrogens (tertiary/aromatic N) is 2. The molecule has 0 amide bonds. The molecule has 1 heterocycles. The highest BCUT2D eigenvalue weighted by Gasteiger charge is 2.09. The van der Waals surface area contributed by atoms with Crippen molar-refractivity contribution in [2.45, 2.75) is 19.9 Å². The SMILES string of the molecule is CCn1c(CCS)nc2cc(OC)ccc21. The monoisotopic (exact) mass is 236 g/mol. The van der Waals surface area contributed by atoms with Crippen molar-refractivity contribution >= 4 is 23.7 Å². The molecule has 0 saturated carbocycles. The summed E-state index contributed by atoms with van der Waals surface area (Å²) in [6.45, 7) is 3.07. The molecule has 1 aromatic heterocycles. The molecular weight excluding hydrogens is 220 g/mol. The Hall–Kier alpha value is -1.16. The summed E-state index contributed by atoms with van der Waals surface area (Å²) in [5.74, 6) is 2.77. The molecule has 1 aromatic carbocycles. The van der Waals surface area contributed by atoms with Crippen molar-refractivity contribution in [1.29, 1.82) is 0 Å². The van der Waals surface area contributed by atoms with E-state index in [1.54, 1.807) is 7.11 Å². The first kappa shape index (κ1) is 11.3. The summed E-state index contributed by atoms with van der Waals surface area (Å²) in [7, 11) is 1.67. The molecule has 0 spiro atoms. The van der Waals surface area contributed by atoms with Crippen LogP contribution in [0.1, 0.15) is 12.7 Å². The van der Waals surface area contributed by atoms with Crippen molar-refractivity contribution in [2.24, 2.45) is 0 Å². The van der Waals surface area contributed by atoms with E-state index in [0.29, 0.717) is 0 Å². The second-order valence-electron chi connectivity index (χ2n) is 3.60. The molecule has 3 nitrogen and oxygen atoms in total. The predicted molar refractivity (Wildman–Crippen MR) is 69.5 cm³/mol. The van der Waals surface area contributed by atoms with Gasteiger partial charge in [0.2, 0.25) is 0 Å². The lowest BCUT2D eigenvalue weighted by molar-refractivity contribution is 0.415. The van der Waals surface area contributed by atoms with E-state index in [9.17, 15) is 0 Å². The topological polar surface area (TPSA) is 27.1 Å². The minimum atomic E-state index is 0.820. The van der Waals surface area contributed by atoms with Gasteiger partial charge in [-0.2, -0.15) is 12.6 Å². The van der Waals surface area contributed by atoms with Gasteiger partial charge in [0.05, 0.1) is 18.1 Å². The molecule has 0 aliphatic carbocycles. The van der Waals surface area contributed by atoms with E-state index in [4.69, 9.17) is 4.74 Å². The van der Waals surface area contributed by atoms with Crippen molar-refractivity contribution < 1.29 is 4.74 Å². The van der Waals surface area contributed by atoms with Gasteiger partial charge in [-0.05, 0) is 24.8 Å². The predicted octanol–water partition coefficient (Wildman–Crippen LogP) is 2.54. The van der Waals surface area contributed by atoms with Crippen molar-refractivity contribution in [3.63, 3.8) is 0 Å². The highest BCUT2D eigenvalue weighted by Crippen LogP contribution is 2.22. The Balaban J connectivity index is 2.57. The maximum absolute atomic E-state index is 5.20. The molecule has 2 rings (SSSR count). The van der Waals surface area contributed by atoms with Crippen LogP contribution in [0.15, 0.2) is 18.2 Å². The van der Waals surface area contributed by atoms with Crippen LogP contribution in [0.3, 0.4) is 0 Å². The average Bonchev–Trinajstić information content (AvgIpc) is 2.65. The molecule has 0 fully saturated rings. The van der Waals surface area contributed by atoms with Gasteiger partial charge in [-0.3, -0.25) is 0 Å². The normalized spacial score (nSPS) is 10.9. The van der Waals surface area contributed by atoms with Crippen LogP contribution >= 0.6 is 12.6 Å². The third-order valence-electron chi connectivity index (χ3n) is 2.69.